The summed E-state index contributed by atoms with van der Waals surface area (Å²) < 4.78 is 5.11. The highest BCUT2D eigenvalue weighted by Gasteiger charge is 2.27. The standard InChI is InChI=1S/C15H21NO3/c1-2-19-15(18)12-7-5-9-16(10-12)14-8-4-3-6-13(14)11-17/h3-4,6,8,12,17H,2,5,7,9-11H2,1H3. The molecule has 0 radical (unpaired) electrons. The number of rotatable bonds is 4. The van der Waals surface area contributed by atoms with E-state index in [9.17, 15) is 9.90 Å². The number of piperidine rings is 1. The molecule has 0 aromatic heterocycles. The number of carbonyl (C=O) groups is 1. The average molecular weight is 263 g/mol. The average Bonchev–Trinajstić information content (AvgIpc) is 2.47. The molecule has 1 unspecified atom stereocenters. The first-order valence-corrected chi connectivity index (χ1v) is 6.86. The minimum Gasteiger partial charge on any atom is -0.466 e. The minimum atomic E-state index is -0.103. The summed E-state index contributed by atoms with van der Waals surface area (Å²) in [7, 11) is 0. The molecule has 1 atom stereocenters. The van der Waals surface area contributed by atoms with Gasteiger partial charge in [0, 0.05) is 24.3 Å². The van der Waals surface area contributed by atoms with Crippen LogP contribution in [0.15, 0.2) is 24.3 Å². The van der Waals surface area contributed by atoms with Gasteiger partial charge < -0.3 is 14.7 Å². The molecule has 0 bridgehead atoms. The number of esters is 1. The molecule has 0 amide bonds. The molecular formula is C15H21NO3. The molecule has 1 aliphatic rings. The molecule has 1 aromatic rings. The number of aliphatic hydroxyl groups is 1. The molecule has 0 saturated carbocycles. The quantitative estimate of drug-likeness (QED) is 0.844. The molecule has 1 N–H and O–H groups in total. The van der Waals surface area contributed by atoms with Gasteiger partial charge in [-0.05, 0) is 25.8 Å². The van der Waals surface area contributed by atoms with Gasteiger partial charge in [0.15, 0.2) is 0 Å². The van der Waals surface area contributed by atoms with Crippen LogP contribution in [0.1, 0.15) is 25.3 Å². The zero-order valence-electron chi connectivity index (χ0n) is 11.3. The highest BCUT2D eigenvalue weighted by Crippen LogP contribution is 2.27. The number of nitrogens with zero attached hydrogens (tertiary/aromatic N) is 1. The maximum Gasteiger partial charge on any atom is 0.310 e. The Bertz CT molecular complexity index is 433. The zero-order valence-corrected chi connectivity index (χ0v) is 11.3. The van der Waals surface area contributed by atoms with E-state index in [1.54, 1.807) is 0 Å². The van der Waals surface area contributed by atoms with Crippen molar-refractivity contribution in [2.24, 2.45) is 5.92 Å². The lowest BCUT2D eigenvalue weighted by molar-refractivity contribution is -0.148. The van der Waals surface area contributed by atoms with Gasteiger partial charge in [-0.2, -0.15) is 0 Å². The van der Waals surface area contributed by atoms with Gasteiger partial charge in [0.2, 0.25) is 0 Å². The number of benzene rings is 1. The monoisotopic (exact) mass is 263 g/mol. The number of ether oxygens (including phenoxy) is 1. The Balaban J connectivity index is 2.10. The van der Waals surface area contributed by atoms with E-state index in [4.69, 9.17) is 4.74 Å². The van der Waals surface area contributed by atoms with E-state index in [2.05, 4.69) is 4.90 Å². The summed E-state index contributed by atoms with van der Waals surface area (Å²) in [6, 6.07) is 7.80. The van der Waals surface area contributed by atoms with Crippen molar-refractivity contribution in [1.82, 2.24) is 0 Å². The molecule has 0 aliphatic carbocycles. The van der Waals surface area contributed by atoms with Crippen LogP contribution in [0, 0.1) is 5.92 Å². The normalized spacial score (nSPS) is 19.3. The molecule has 19 heavy (non-hydrogen) atoms. The largest absolute Gasteiger partial charge is 0.466 e. The second kappa shape index (κ2) is 6.57. The number of para-hydroxylation sites is 1. The Morgan fingerprint density at radius 1 is 1.47 bits per heavy atom. The van der Waals surface area contributed by atoms with Crippen molar-refractivity contribution in [3.8, 4) is 0 Å². The van der Waals surface area contributed by atoms with Crippen LogP contribution in [-0.4, -0.2) is 30.8 Å². The van der Waals surface area contributed by atoms with Gasteiger partial charge >= 0.3 is 5.97 Å². The summed E-state index contributed by atoms with van der Waals surface area (Å²) in [6.45, 7) is 3.89. The third-order valence-corrected chi connectivity index (χ3v) is 3.54. The SMILES string of the molecule is CCOC(=O)C1CCCN(c2ccccc2CO)C1. The summed E-state index contributed by atoms with van der Waals surface area (Å²) in [5.41, 5.74) is 1.94. The zero-order chi connectivity index (χ0) is 13.7. The van der Waals surface area contributed by atoms with E-state index in [1.165, 1.54) is 0 Å². The van der Waals surface area contributed by atoms with Crippen LogP contribution in [0.3, 0.4) is 0 Å². The number of hydrogen-bond acceptors (Lipinski definition) is 4. The summed E-state index contributed by atoms with van der Waals surface area (Å²) in [4.78, 5) is 14.0. The van der Waals surface area contributed by atoms with Gasteiger partial charge in [-0.3, -0.25) is 4.79 Å². The summed E-state index contributed by atoms with van der Waals surface area (Å²) in [5, 5.41) is 9.39. The molecule has 2 rings (SSSR count). The molecule has 1 aromatic carbocycles. The molecule has 4 heteroatoms. The van der Waals surface area contributed by atoms with Gasteiger partial charge in [0.25, 0.3) is 0 Å². The molecule has 4 nitrogen and oxygen atoms in total. The predicted octanol–water partition coefficient (Wildman–Crippen LogP) is 1.96. The van der Waals surface area contributed by atoms with Gasteiger partial charge in [0.05, 0.1) is 19.1 Å². The van der Waals surface area contributed by atoms with Crippen molar-refractivity contribution in [3.63, 3.8) is 0 Å². The maximum absolute atomic E-state index is 11.8. The summed E-state index contributed by atoms with van der Waals surface area (Å²) in [6.07, 6.45) is 1.86. The van der Waals surface area contributed by atoms with Crippen molar-refractivity contribution in [2.75, 3.05) is 24.6 Å². The number of anilines is 1. The predicted molar refractivity (Wildman–Crippen MR) is 73.9 cm³/mol. The van der Waals surface area contributed by atoms with Crippen molar-refractivity contribution < 1.29 is 14.6 Å². The summed E-state index contributed by atoms with van der Waals surface area (Å²) in [5.74, 6) is -0.158. The third-order valence-electron chi connectivity index (χ3n) is 3.54. The smallest absolute Gasteiger partial charge is 0.310 e. The third kappa shape index (κ3) is 3.26. The molecule has 1 fully saturated rings. The first-order valence-electron chi connectivity index (χ1n) is 6.86. The molecule has 104 valence electrons. The second-order valence-electron chi connectivity index (χ2n) is 4.82. The molecular weight excluding hydrogens is 242 g/mol. The van der Waals surface area contributed by atoms with E-state index in [1.807, 2.05) is 31.2 Å². The van der Waals surface area contributed by atoms with Crippen LogP contribution < -0.4 is 4.90 Å². The van der Waals surface area contributed by atoms with Crippen LogP contribution in [0.2, 0.25) is 0 Å². The summed E-state index contributed by atoms with van der Waals surface area (Å²) >= 11 is 0. The fraction of sp³-hybridized carbons (Fsp3) is 0.533. The number of hydrogen-bond donors (Lipinski definition) is 1. The first kappa shape index (κ1) is 13.9. The van der Waals surface area contributed by atoms with Crippen LogP contribution >= 0.6 is 0 Å². The van der Waals surface area contributed by atoms with E-state index < -0.39 is 0 Å². The molecule has 1 heterocycles. The first-order chi connectivity index (χ1) is 9.26. The highest BCUT2D eigenvalue weighted by atomic mass is 16.5. The van der Waals surface area contributed by atoms with E-state index in [0.29, 0.717) is 13.2 Å². The van der Waals surface area contributed by atoms with Gasteiger partial charge in [-0.25, -0.2) is 0 Å². The fourth-order valence-corrected chi connectivity index (χ4v) is 2.60. The Labute approximate surface area is 114 Å². The molecule has 1 saturated heterocycles. The number of aliphatic hydroxyl groups excluding tert-OH is 1. The number of carbonyl (C=O) groups excluding carboxylic acids is 1. The van der Waals surface area contributed by atoms with Crippen molar-refractivity contribution in [3.05, 3.63) is 29.8 Å². The van der Waals surface area contributed by atoms with Crippen LogP contribution in [0.25, 0.3) is 0 Å². The van der Waals surface area contributed by atoms with E-state index in [-0.39, 0.29) is 18.5 Å². The minimum absolute atomic E-state index is 0.0246. The maximum atomic E-state index is 11.8. The highest BCUT2D eigenvalue weighted by molar-refractivity contribution is 5.73. The van der Waals surface area contributed by atoms with Crippen molar-refractivity contribution in [2.45, 2.75) is 26.4 Å². The lowest BCUT2D eigenvalue weighted by Crippen LogP contribution is -2.39. The Morgan fingerprint density at radius 3 is 3.00 bits per heavy atom. The van der Waals surface area contributed by atoms with E-state index in [0.717, 1.165) is 30.6 Å². The van der Waals surface area contributed by atoms with Crippen molar-refractivity contribution in [1.29, 1.82) is 0 Å². The lowest BCUT2D eigenvalue weighted by atomic mass is 9.97. The Morgan fingerprint density at radius 2 is 2.26 bits per heavy atom. The molecule has 0 spiro atoms. The Hall–Kier alpha value is -1.55. The van der Waals surface area contributed by atoms with Gasteiger partial charge in [-0.1, -0.05) is 18.2 Å². The fourth-order valence-electron chi connectivity index (χ4n) is 2.60. The van der Waals surface area contributed by atoms with Crippen molar-refractivity contribution >= 4 is 11.7 Å². The van der Waals surface area contributed by atoms with Crippen LogP contribution in [0.4, 0.5) is 5.69 Å². The Kier molecular flexibility index (Phi) is 4.80. The van der Waals surface area contributed by atoms with Crippen LogP contribution in [0.5, 0.6) is 0 Å². The second-order valence-corrected chi connectivity index (χ2v) is 4.82. The van der Waals surface area contributed by atoms with Gasteiger partial charge in [-0.15, -0.1) is 0 Å². The van der Waals surface area contributed by atoms with E-state index >= 15 is 0 Å². The topological polar surface area (TPSA) is 49.8 Å². The van der Waals surface area contributed by atoms with Crippen LogP contribution in [-0.2, 0) is 16.1 Å². The van der Waals surface area contributed by atoms with Gasteiger partial charge in [0.1, 0.15) is 0 Å². The molecule has 1 aliphatic heterocycles. The lowest BCUT2D eigenvalue weighted by Gasteiger charge is -2.34.